The molecular weight excluding hydrogens is 448 g/mol. The van der Waals surface area contributed by atoms with Gasteiger partial charge in [-0.05, 0) is 47.4 Å². The zero-order valence-electron chi connectivity index (χ0n) is 19.7. The molecule has 0 radical (unpaired) electrons. The second-order valence-electron chi connectivity index (χ2n) is 9.66. The predicted octanol–water partition coefficient (Wildman–Crippen LogP) is 3.25. The van der Waals surface area contributed by atoms with Crippen LogP contribution in [-0.4, -0.2) is 66.9 Å². The van der Waals surface area contributed by atoms with E-state index in [1.54, 1.807) is 4.90 Å². The molecule has 2 heterocycles. The van der Waals surface area contributed by atoms with Gasteiger partial charge in [-0.25, -0.2) is 4.79 Å². The fourth-order valence-electron chi connectivity index (χ4n) is 6.04. The van der Waals surface area contributed by atoms with Gasteiger partial charge in [0.05, 0.1) is 12.5 Å². The predicted molar refractivity (Wildman–Crippen MR) is 128 cm³/mol. The number of amides is 2. The third kappa shape index (κ3) is 4.38. The van der Waals surface area contributed by atoms with Crippen LogP contribution in [0.5, 0.6) is 0 Å². The standard InChI is InChI=1S/C27H30N2O6/c1-34-15-23(25(30)29-13-16-10-11-24(29)21(12-16)26(31)32)28-27(33)35-14-22-19-8-4-2-6-17(19)18-7-3-5-9-20(18)22/h2-9,16,21-24H,10-15H2,1H3,(H,28,33)(H,31,32). The summed E-state index contributed by atoms with van der Waals surface area (Å²) in [5.74, 6) is -1.67. The number of methoxy groups -OCH3 is 1. The van der Waals surface area contributed by atoms with Crippen LogP contribution in [0.3, 0.4) is 0 Å². The zero-order chi connectivity index (χ0) is 24.5. The first kappa shape index (κ1) is 23.4. The van der Waals surface area contributed by atoms with Gasteiger partial charge in [-0.15, -0.1) is 0 Å². The van der Waals surface area contributed by atoms with Gasteiger partial charge in [-0.1, -0.05) is 48.5 Å². The van der Waals surface area contributed by atoms with E-state index in [0.717, 1.165) is 28.7 Å². The minimum atomic E-state index is -0.940. The Bertz CT molecular complexity index is 1090. The van der Waals surface area contributed by atoms with Crippen molar-refractivity contribution in [1.82, 2.24) is 10.2 Å². The number of carbonyl (C=O) groups excluding carboxylic acids is 2. The van der Waals surface area contributed by atoms with E-state index in [9.17, 15) is 19.5 Å². The summed E-state index contributed by atoms with van der Waals surface area (Å²) in [7, 11) is 1.46. The molecule has 4 atom stereocenters. The Morgan fingerprint density at radius 3 is 2.31 bits per heavy atom. The summed E-state index contributed by atoms with van der Waals surface area (Å²) in [4.78, 5) is 39.5. The highest BCUT2D eigenvalue weighted by Gasteiger charge is 2.47. The van der Waals surface area contributed by atoms with E-state index in [0.29, 0.717) is 19.4 Å². The Labute approximate surface area is 204 Å². The molecule has 1 saturated carbocycles. The van der Waals surface area contributed by atoms with Crippen molar-refractivity contribution in [3.05, 3.63) is 59.7 Å². The number of ether oxygens (including phenoxy) is 2. The molecule has 4 aliphatic rings. The molecule has 184 valence electrons. The van der Waals surface area contributed by atoms with E-state index < -0.39 is 24.0 Å². The molecule has 2 bridgehead atoms. The maximum Gasteiger partial charge on any atom is 0.407 e. The van der Waals surface area contributed by atoms with Crippen molar-refractivity contribution in [1.29, 1.82) is 0 Å². The maximum absolute atomic E-state index is 13.4. The molecule has 4 unspecified atom stereocenters. The van der Waals surface area contributed by atoms with E-state index >= 15 is 0 Å². The first-order valence-corrected chi connectivity index (χ1v) is 12.1. The summed E-state index contributed by atoms with van der Waals surface area (Å²) < 4.78 is 10.8. The van der Waals surface area contributed by atoms with Crippen molar-refractivity contribution in [2.75, 3.05) is 26.9 Å². The maximum atomic E-state index is 13.4. The lowest BCUT2D eigenvalue weighted by Crippen LogP contribution is -2.62. The van der Waals surface area contributed by atoms with Gasteiger partial charge in [-0.3, -0.25) is 9.59 Å². The quantitative estimate of drug-likeness (QED) is 0.633. The van der Waals surface area contributed by atoms with Crippen molar-refractivity contribution < 1.29 is 29.0 Å². The molecule has 2 aliphatic carbocycles. The molecule has 0 spiro atoms. The molecular formula is C27H30N2O6. The average molecular weight is 479 g/mol. The molecule has 2 N–H and O–H groups in total. The number of aliphatic carboxylic acids is 1. The topological polar surface area (TPSA) is 105 Å². The fraction of sp³-hybridized carbons (Fsp3) is 0.444. The molecule has 3 fully saturated rings. The number of carboxylic acid groups (broad SMARTS) is 1. The highest BCUT2D eigenvalue weighted by molar-refractivity contribution is 5.87. The molecule has 8 nitrogen and oxygen atoms in total. The summed E-state index contributed by atoms with van der Waals surface area (Å²) in [6.45, 7) is 0.637. The highest BCUT2D eigenvalue weighted by atomic mass is 16.5. The number of rotatable bonds is 7. The second kappa shape index (κ2) is 9.70. The van der Waals surface area contributed by atoms with Crippen LogP contribution in [0.2, 0.25) is 0 Å². The third-order valence-corrected chi connectivity index (χ3v) is 7.65. The van der Waals surface area contributed by atoms with E-state index in [1.165, 1.54) is 7.11 Å². The van der Waals surface area contributed by atoms with Gasteiger partial charge >= 0.3 is 12.1 Å². The van der Waals surface area contributed by atoms with Crippen LogP contribution in [0.1, 0.15) is 36.3 Å². The molecule has 35 heavy (non-hydrogen) atoms. The van der Waals surface area contributed by atoms with Crippen LogP contribution in [0.25, 0.3) is 11.1 Å². The van der Waals surface area contributed by atoms with E-state index in [4.69, 9.17) is 9.47 Å². The van der Waals surface area contributed by atoms with Crippen molar-refractivity contribution in [2.45, 2.75) is 37.3 Å². The summed E-state index contributed by atoms with van der Waals surface area (Å²) in [5.41, 5.74) is 4.49. The lowest BCUT2D eigenvalue weighted by atomic mass is 9.72. The number of benzene rings is 2. The van der Waals surface area contributed by atoms with Gasteiger partial charge in [0.1, 0.15) is 12.6 Å². The fourth-order valence-corrected chi connectivity index (χ4v) is 6.04. The minimum Gasteiger partial charge on any atom is -0.481 e. The largest absolute Gasteiger partial charge is 0.481 e. The summed E-state index contributed by atoms with van der Waals surface area (Å²) in [5, 5.41) is 12.3. The number of carbonyl (C=O) groups is 3. The lowest BCUT2D eigenvalue weighted by Gasteiger charge is -2.49. The number of nitrogens with zero attached hydrogens (tertiary/aromatic N) is 1. The smallest absolute Gasteiger partial charge is 0.407 e. The Kier molecular flexibility index (Phi) is 6.47. The van der Waals surface area contributed by atoms with Gasteiger partial charge in [0.15, 0.2) is 0 Å². The molecule has 8 heteroatoms. The number of fused-ring (bicyclic) bond motifs is 6. The monoisotopic (exact) mass is 478 g/mol. The van der Waals surface area contributed by atoms with Crippen LogP contribution in [0.15, 0.2) is 48.5 Å². The van der Waals surface area contributed by atoms with E-state index in [-0.39, 0.29) is 37.0 Å². The zero-order valence-corrected chi connectivity index (χ0v) is 19.7. The van der Waals surface area contributed by atoms with Crippen LogP contribution >= 0.6 is 0 Å². The molecule has 6 rings (SSSR count). The summed E-state index contributed by atoms with van der Waals surface area (Å²) >= 11 is 0. The summed E-state index contributed by atoms with van der Waals surface area (Å²) in [6.07, 6.45) is 1.49. The van der Waals surface area contributed by atoms with Crippen LogP contribution in [0, 0.1) is 11.8 Å². The normalized spacial score (nSPS) is 23.3. The number of piperidine rings is 2. The highest BCUT2D eigenvalue weighted by Crippen LogP contribution is 2.44. The summed E-state index contributed by atoms with van der Waals surface area (Å²) in [6, 6.07) is 14.9. The van der Waals surface area contributed by atoms with Gasteiger partial charge < -0.3 is 24.8 Å². The Morgan fingerprint density at radius 1 is 1.06 bits per heavy atom. The van der Waals surface area contributed by atoms with Gasteiger partial charge in [0, 0.05) is 25.6 Å². The van der Waals surface area contributed by atoms with E-state index in [1.807, 2.05) is 36.4 Å². The Balaban J connectivity index is 1.25. The van der Waals surface area contributed by atoms with Crippen LogP contribution in [0.4, 0.5) is 4.79 Å². The first-order valence-electron chi connectivity index (χ1n) is 12.1. The lowest BCUT2D eigenvalue weighted by molar-refractivity contribution is -0.157. The minimum absolute atomic E-state index is 0.0192. The molecule has 2 amide bonds. The number of carboxylic acids is 1. The van der Waals surface area contributed by atoms with Gasteiger partial charge in [0.2, 0.25) is 5.91 Å². The van der Waals surface area contributed by atoms with Crippen molar-refractivity contribution in [3.8, 4) is 11.1 Å². The Hall–Kier alpha value is -3.39. The number of nitrogens with one attached hydrogen (secondary N) is 1. The SMILES string of the molecule is COCC(NC(=O)OCC1c2ccccc2-c2ccccc21)C(=O)N1CC2CCC1C(C(=O)O)C2. The van der Waals surface area contributed by atoms with Crippen LogP contribution < -0.4 is 5.32 Å². The molecule has 2 aromatic rings. The van der Waals surface area contributed by atoms with E-state index in [2.05, 4.69) is 17.4 Å². The number of hydrogen-bond donors (Lipinski definition) is 2. The van der Waals surface area contributed by atoms with Crippen molar-refractivity contribution >= 4 is 18.0 Å². The number of alkyl carbamates (subject to hydrolysis) is 1. The molecule has 2 aliphatic heterocycles. The Morgan fingerprint density at radius 2 is 1.71 bits per heavy atom. The van der Waals surface area contributed by atoms with Crippen LogP contribution in [-0.2, 0) is 19.1 Å². The van der Waals surface area contributed by atoms with Gasteiger partial charge in [0.25, 0.3) is 0 Å². The van der Waals surface area contributed by atoms with Gasteiger partial charge in [-0.2, -0.15) is 0 Å². The first-order chi connectivity index (χ1) is 17.0. The molecule has 2 saturated heterocycles. The molecule has 2 aromatic carbocycles. The van der Waals surface area contributed by atoms with Crippen molar-refractivity contribution in [3.63, 3.8) is 0 Å². The average Bonchev–Trinajstić information content (AvgIpc) is 3.20. The third-order valence-electron chi connectivity index (χ3n) is 7.65. The number of hydrogen-bond acceptors (Lipinski definition) is 5. The second-order valence-corrected chi connectivity index (χ2v) is 9.66. The molecule has 0 aromatic heterocycles. The van der Waals surface area contributed by atoms with Crippen molar-refractivity contribution in [2.24, 2.45) is 11.8 Å².